The minimum atomic E-state index is 0.315. The van der Waals surface area contributed by atoms with Crippen LogP contribution in [0.2, 0.25) is 0 Å². The van der Waals surface area contributed by atoms with Crippen LogP contribution in [0.4, 0.5) is 0 Å². The van der Waals surface area contributed by atoms with Gasteiger partial charge in [0.05, 0.1) is 0 Å². The van der Waals surface area contributed by atoms with Gasteiger partial charge >= 0.3 is 0 Å². The molecule has 0 heterocycles. The second-order valence-corrected chi connectivity index (χ2v) is 5.54. The molecule has 0 unspecified atom stereocenters. The van der Waals surface area contributed by atoms with E-state index in [9.17, 15) is 0 Å². The smallest absolute Gasteiger partial charge is 0.189 e. The van der Waals surface area contributed by atoms with Gasteiger partial charge in [-0.05, 0) is 44.4 Å². The summed E-state index contributed by atoms with van der Waals surface area (Å²) in [6, 6.07) is 4.88. The Morgan fingerprint density at radius 1 is 1.39 bits per heavy atom. The zero-order valence-corrected chi connectivity index (χ0v) is 12.5. The SMILES string of the molecule is CCOCOc1c(C)cc(Br)cc1CNC1CC1. The van der Waals surface area contributed by atoms with E-state index in [2.05, 4.69) is 40.3 Å². The van der Waals surface area contributed by atoms with Crippen molar-refractivity contribution < 1.29 is 9.47 Å². The topological polar surface area (TPSA) is 30.5 Å². The number of nitrogens with one attached hydrogen (secondary N) is 1. The van der Waals surface area contributed by atoms with E-state index in [-0.39, 0.29) is 0 Å². The molecule has 0 aliphatic heterocycles. The molecule has 0 saturated heterocycles. The van der Waals surface area contributed by atoms with Crippen LogP contribution in [-0.4, -0.2) is 19.4 Å². The fourth-order valence-corrected chi connectivity index (χ4v) is 2.48. The molecule has 0 bridgehead atoms. The number of hydrogen-bond donors (Lipinski definition) is 1. The summed E-state index contributed by atoms with van der Waals surface area (Å²) in [7, 11) is 0. The molecular weight excluding hydrogens is 294 g/mol. The predicted molar refractivity (Wildman–Crippen MR) is 75.9 cm³/mol. The fraction of sp³-hybridized carbons (Fsp3) is 0.571. The summed E-state index contributed by atoms with van der Waals surface area (Å²) in [5.74, 6) is 0.944. The van der Waals surface area contributed by atoms with Gasteiger partial charge in [-0.15, -0.1) is 0 Å². The standard InChI is InChI=1S/C14H20BrNO2/c1-3-17-9-18-14-10(2)6-12(15)7-11(14)8-16-13-4-5-13/h6-7,13,16H,3-5,8-9H2,1-2H3. The molecule has 1 aliphatic carbocycles. The van der Waals surface area contributed by atoms with Crippen molar-refractivity contribution in [2.75, 3.05) is 13.4 Å². The van der Waals surface area contributed by atoms with Gasteiger partial charge in [0.25, 0.3) is 0 Å². The number of aryl methyl sites for hydroxylation is 1. The minimum Gasteiger partial charge on any atom is -0.467 e. The molecule has 0 radical (unpaired) electrons. The van der Waals surface area contributed by atoms with Gasteiger partial charge in [-0.3, -0.25) is 0 Å². The van der Waals surface area contributed by atoms with Crippen molar-refractivity contribution in [3.63, 3.8) is 0 Å². The van der Waals surface area contributed by atoms with Crippen molar-refractivity contribution in [2.24, 2.45) is 0 Å². The maximum Gasteiger partial charge on any atom is 0.189 e. The van der Waals surface area contributed by atoms with Gasteiger partial charge in [-0.25, -0.2) is 0 Å². The van der Waals surface area contributed by atoms with E-state index in [1.165, 1.54) is 18.4 Å². The third-order valence-electron chi connectivity index (χ3n) is 2.97. The Morgan fingerprint density at radius 2 is 2.17 bits per heavy atom. The summed E-state index contributed by atoms with van der Waals surface area (Å²) in [6.45, 7) is 5.87. The molecule has 0 aromatic heterocycles. The number of benzene rings is 1. The summed E-state index contributed by atoms with van der Waals surface area (Å²) in [6.07, 6.45) is 2.59. The molecule has 1 fully saturated rings. The van der Waals surface area contributed by atoms with Crippen LogP contribution in [0.25, 0.3) is 0 Å². The van der Waals surface area contributed by atoms with Gasteiger partial charge in [0.15, 0.2) is 6.79 Å². The van der Waals surface area contributed by atoms with Crippen LogP contribution in [0.15, 0.2) is 16.6 Å². The lowest BCUT2D eigenvalue weighted by molar-refractivity contribution is 0.0213. The van der Waals surface area contributed by atoms with E-state index >= 15 is 0 Å². The maximum absolute atomic E-state index is 5.73. The zero-order valence-electron chi connectivity index (χ0n) is 11.0. The van der Waals surface area contributed by atoms with E-state index in [1.54, 1.807) is 0 Å². The molecule has 1 aliphatic rings. The first-order valence-corrected chi connectivity index (χ1v) is 7.23. The first-order chi connectivity index (χ1) is 8.70. The highest BCUT2D eigenvalue weighted by molar-refractivity contribution is 9.10. The van der Waals surface area contributed by atoms with Crippen LogP contribution in [-0.2, 0) is 11.3 Å². The molecule has 2 rings (SSSR count). The van der Waals surface area contributed by atoms with Crippen molar-refractivity contribution >= 4 is 15.9 Å². The highest BCUT2D eigenvalue weighted by Crippen LogP contribution is 2.29. The predicted octanol–water partition coefficient (Wildman–Crippen LogP) is 3.38. The van der Waals surface area contributed by atoms with Crippen molar-refractivity contribution in [3.8, 4) is 5.75 Å². The normalized spacial score (nSPS) is 14.8. The Balaban J connectivity index is 2.06. The molecule has 0 atom stereocenters. The Morgan fingerprint density at radius 3 is 2.83 bits per heavy atom. The van der Waals surface area contributed by atoms with Crippen molar-refractivity contribution in [1.82, 2.24) is 5.32 Å². The summed E-state index contributed by atoms with van der Waals surface area (Å²) in [4.78, 5) is 0. The summed E-state index contributed by atoms with van der Waals surface area (Å²) < 4.78 is 12.1. The van der Waals surface area contributed by atoms with Crippen molar-refractivity contribution in [3.05, 3.63) is 27.7 Å². The highest BCUT2D eigenvalue weighted by atomic mass is 79.9. The molecule has 4 heteroatoms. The van der Waals surface area contributed by atoms with Gasteiger partial charge in [-0.1, -0.05) is 15.9 Å². The van der Waals surface area contributed by atoms with E-state index in [4.69, 9.17) is 9.47 Å². The minimum absolute atomic E-state index is 0.315. The van der Waals surface area contributed by atoms with Crippen LogP contribution >= 0.6 is 15.9 Å². The Labute approximate surface area is 117 Å². The molecule has 18 heavy (non-hydrogen) atoms. The van der Waals surface area contributed by atoms with E-state index in [0.717, 1.165) is 22.3 Å². The molecule has 1 aromatic carbocycles. The second-order valence-electron chi connectivity index (χ2n) is 4.62. The molecule has 1 aromatic rings. The summed E-state index contributed by atoms with van der Waals surface area (Å²) in [5.41, 5.74) is 2.32. The van der Waals surface area contributed by atoms with Gasteiger partial charge in [0.2, 0.25) is 0 Å². The number of halogens is 1. The first-order valence-electron chi connectivity index (χ1n) is 6.43. The van der Waals surface area contributed by atoms with Crippen LogP contribution < -0.4 is 10.1 Å². The third kappa shape index (κ3) is 3.97. The molecule has 1 saturated carbocycles. The lowest BCUT2D eigenvalue weighted by Crippen LogP contribution is -2.17. The lowest BCUT2D eigenvalue weighted by atomic mass is 10.1. The fourth-order valence-electron chi connectivity index (χ4n) is 1.86. The van der Waals surface area contributed by atoms with Crippen LogP contribution in [0.5, 0.6) is 5.75 Å². The van der Waals surface area contributed by atoms with Gasteiger partial charge in [-0.2, -0.15) is 0 Å². The van der Waals surface area contributed by atoms with Crippen LogP contribution in [0, 0.1) is 6.92 Å². The Kier molecular flexibility index (Phi) is 5.03. The maximum atomic E-state index is 5.73. The third-order valence-corrected chi connectivity index (χ3v) is 3.42. The zero-order chi connectivity index (χ0) is 13.0. The Hall–Kier alpha value is -0.580. The van der Waals surface area contributed by atoms with Crippen molar-refractivity contribution in [1.29, 1.82) is 0 Å². The average molecular weight is 314 g/mol. The monoisotopic (exact) mass is 313 g/mol. The van der Waals surface area contributed by atoms with Gasteiger partial charge < -0.3 is 14.8 Å². The van der Waals surface area contributed by atoms with Crippen LogP contribution in [0.3, 0.4) is 0 Å². The molecule has 1 N–H and O–H groups in total. The number of rotatable bonds is 7. The molecule has 3 nitrogen and oxygen atoms in total. The van der Waals surface area contributed by atoms with E-state index < -0.39 is 0 Å². The van der Waals surface area contributed by atoms with Gasteiger partial charge in [0.1, 0.15) is 5.75 Å². The molecule has 100 valence electrons. The largest absolute Gasteiger partial charge is 0.467 e. The number of hydrogen-bond acceptors (Lipinski definition) is 3. The van der Waals surface area contributed by atoms with Crippen molar-refractivity contribution in [2.45, 2.75) is 39.3 Å². The molecular formula is C14H20BrNO2. The number of ether oxygens (including phenoxy) is 2. The first kappa shape index (κ1) is 13.8. The molecule has 0 amide bonds. The second kappa shape index (κ2) is 6.55. The molecule has 0 spiro atoms. The average Bonchev–Trinajstić information content (AvgIpc) is 3.13. The summed E-state index contributed by atoms with van der Waals surface area (Å²) >= 11 is 3.54. The summed E-state index contributed by atoms with van der Waals surface area (Å²) in [5, 5.41) is 3.52. The van der Waals surface area contributed by atoms with E-state index in [1.807, 2.05) is 6.92 Å². The Bertz CT molecular complexity index is 405. The highest BCUT2D eigenvalue weighted by Gasteiger charge is 2.21. The van der Waals surface area contributed by atoms with Gasteiger partial charge in [0, 0.05) is 29.2 Å². The quantitative estimate of drug-likeness (QED) is 0.618. The van der Waals surface area contributed by atoms with E-state index in [0.29, 0.717) is 19.4 Å². The lowest BCUT2D eigenvalue weighted by Gasteiger charge is -2.15. The van der Waals surface area contributed by atoms with Crippen LogP contribution in [0.1, 0.15) is 30.9 Å².